The summed E-state index contributed by atoms with van der Waals surface area (Å²) in [5.74, 6) is -1.89. The van der Waals surface area contributed by atoms with Gasteiger partial charge >= 0.3 is 12.0 Å². The largest absolute Gasteiger partial charge is 0.478 e. The number of benzene rings is 1. The van der Waals surface area contributed by atoms with Crippen LogP contribution < -0.4 is 5.32 Å². The van der Waals surface area contributed by atoms with Crippen LogP contribution in [0.2, 0.25) is 0 Å². The van der Waals surface area contributed by atoms with E-state index in [2.05, 4.69) is 10.3 Å². The van der Waals surface area contributed by atoms with Gasteiger partial charge in [0.2, 0.25) is 0 Å². The molecule has 1 aromatic carbocycles. The zero-order valence-electron chi connectivity index (χ0n) is 11.0. The molecule has 0 bridgehead atoms. The number of hydrogen-bond donors (Lipinski definition) is 2. The van der Waals surface area contributed by atoms with Crippen LogP contribution in [-0.2, 0) is 6.54 Å². The lowest BCUT2D eigenvalue weighted by Gasteiger charge is -2.17. The number of anilines is 1. The van der Waals surface area contributed by atoms with Crippen molar-refractivity contribution in [3.63, 3.8) is 0 Å². The van der Waals surface area contributed by atoms with Crippen LogP contribution in [0.25, 0.3) is 0 Å². The van der Waals surface area contributed by atoms with Gasteiger partial charge in [-0.2, -0.15) is 0 Å². The minimum atomic E-state index is -1.19. The fourth-order valence-electron chi connectivity index (χ4n) is 1.60. The highest BCUT2D eigenvalue weighted by Crippen LogP contribution is 2.17. The van der Waals surface area contributed by atoms with E-state index in [1.54, 1.807) is 10.9 Å². The van der Waals surface area contributed by atoms with Crippen molar-refractivity contribution in [2.75, 3.05) is 12.4 Å². The Morgan fingerprint density at radius 3 is 2.86 bits per heavy atom. The van der Waals surface area contributed by atoms with Crippen LogP contribution in [0.4, 0.5) is 14.9 Å². The maximum Gasteiger partial charge on any atom is 0.335 e. The number of aromatic nitrogens is 1. The fourth-order valence-corrected chi connectivity index (χ4v) is 2.14. The van der Waals surface area contributed by atoms with Gasteiger partial charge in [-0.25, -0.2) is 19.0 Å². The number of halogens is 1. The van der Waals surface area contributed by atoms with E-state index in [4.69, 9.17) is 5.11 Å². The van der Waals surface area contributed by atoms with Gasteiger partial charge in [-0.1, -0.05) is 0 Å². The van der Waals surface area contributed by atoms with E-state index in [-0.39, 0.29) is 17.8 Å². The predicted octanol–water partition coefficient (Wildman–Crippen LogP) is 2.64. The summed E-state index contributed by atoms with van der Waals surface area (Å²) in [6.45, 7) is 0.273. The van der Waals surface area contributed by atoms with E-state index in [9.17, 15) is 14.0 Å². The summed E-state index contributed by atoms with van der Waals surface area (Å²) in [5, 5.41) is 13.0. The van der Waals surface area contributed by atoms with Crippen molar-refractivity contribution in [1.29, 1.82) is 0 Å². The van der Waals surface area contributed by atoms with Crippen molar-refractivity contribution in [3.8, 4) is 0 Å². The zero-order chi connectivity index (χ0) is 15.4. The third-order valence-electron chi connectivity index (χ3n) is 2.68. The quantitative estimate of drug-likeness (QED) is 0.909. The Morgan fingerprint density at radius 2 is 2.24 bits per heavy atom. The van der Waals surface area contributed by atoms with Crippen molar-refractivity contribution in [1.82, 2.24) is 9.88 Å². The van der Waals surface area contributed by atoms with Gasteiger partial charge in [0.1, 0.15) is 5.82 Å². The number of amides is 2. The van der Waals surface area contributed by atoms with Crippen LogP contribution in [0.1, 0.15) is 16.1 Å². The molecular formula is C13H12FN3O3S. The molecule has 0 saturated heterocycles. The third-order valence-corrected chi connectivity index (χ3v) is 3.32. The number of nitrogens with one attached hydrogen (secondary N) is 1. The number of carbonyl (C=O) groups is 2. The molecule has 0 aliphatic carbocycles. The lowest BCUT2D eigenvalue weighted by molar-refractivity contribution is 0.0697. The first-order chi connectivity index (χ1) is 9.97. The molecule has 1 heterocycles. The molecule has 0 fully saturated rings. The number of nitrogens with zero attached hydrogens (tertiary/aromatic N) is 2. The van der Waals surface area contributed by atoms with Gasteiger partial charge in [-0.3, -0.25) is 0 Å². The van der Waals surface area contributed by atoms with Crippen LogP contribution in [0.5, 0.6) is 0 Å². The average molecular weight is 309 g/mol. The molecule has 1 aromatic heterocycles. The second-order valence-corrected chi connectivity index (χ2v) is 4.98. The highest BCUT2D eigenvalue weighted by Gasteiger charge is 2.14. The fraction of sp³-hybridized carbons (Fsp3) is 0.154. The molecule has 2 N–H and O–H groups in total. The van der Waals surface area contributed by atoms with E-state index < -0.39 is 17.8 Å². The smallest absolute Gasteiger partial charge is 0.335 e. The molecule has 2 amide bonds. The van der Waals surface area contributed by atoms with E-state index in [1.165, 1.54) is 23.3 Å². The molecule has 2 aromatic rings. The van der Waals surface area contributed by atoms with Crippen molar-refractivity contribution in [2.45, 2.75) is 6.54 Å². The average Bonchev–Trinajstić information content (AvgIpc) is 2.93. The molecule has 2 rings (SSSR count). The predicted molar refractivity (Wildman–Crippen MR) is 76.0 cm³/mol. The van der Waals surface area contributed by atoms with Crippen molar-refractivity contribution in [3.05, 3.63) is 46.2 Å². The van der Waals surface area contributed by atoms with Gasteiger partial charge < -0.3 is 15.3 Å². The second kappa shape index (κ2) is 6.31. The molecule has 0 radical (unpaired) electrons. The number of rotatable bonds is 4. The number of thiazole rings is 1. The van der Waals surface area contributed by atoms with Gasteiger partial charge in [0, 0.05) is 12.4 Å². The highest BCUT2D eigenvalue weighted by atomic mass is 32.1. The number of carboxylic acid groups (broad SMARTS) is 1. The molecular weight excluding hydrogens is 297 g/mol. The Labute approximate surface area is 123 Å². The third kappa shape index (κ3) is 3.76. The van der Waals surface area contributed by atoms with Gasteiger partial charge in [0.15, 0.2) is 0 Å². The summed E-state index contributed by atoms with van der Waals surface area (Å²) >= 11 is 1.41. The highest BCUT2D eigenvalue weighted by molar-refractivity contribution is 7.07. The maximum atomic E-state index is 13.6. The zero-order valence-corrected chi connectivity index (χ0v) is 11.9. The minimum absolute atomic E-state index is 0.103. The molecule has 0 aliphatic heterocycles. The summed E-state index contributed by atoms with van der Waals surface area (Å²) < 4.78 is 13.6. The van der Waals surface area contributed by atoms with Gasteiger partial charge in [-0.05, 0) is 18.2 Å². The minimum Gasteiger partial charge on any atom is -0.478 e. The first-order valence-electron chi connectivity index (χ1n) is 5.89. The van der Waals surface area contributed by atoms with Gasteiger partial charge in [0.25, 0.3) is 0 Å². The molecule has 0 aliphatic rings. The van der Waals surface area contributed by atoms with Crippen molar-refractivity contribution in [2.24, 2.45) is 0 Å². The molecule has 0 unspecified atom stereocenters. The van der Waals surface area contributed by atoms with Crippen molar-refractivity contribution < 1.29 is 19.1 Å². The molecule has 6 nitrogen and oxygen atoms in total. The molecule has 0 atom stereocenters. The first kappa shape index (κ1) is 14.9. The number of urea groups is 1. The summed E-state index contributed by atoms with van der Waals surface area (Å²) in [6, 6.07) is 2.65. The Balaban J connectivity index is 2.08. The van der Waals surface area contributed by atoms with Crippen LogP contribution >= 0.6 is 11.3 Å². The van der Waals surface area contributed by atoms with E-state index in [0.717, 1.165) is 23.9 Å². The number of carboxylic acids is 1. The lowest BCUT2D eigenvalue weighted by Crippen LogP contribution is -2.31. The second-order valence-electron chi connectivity index (χ2n) is 4.27. The van der Waals surface area contributed by atoms with Crippen LogP contribution in [-0.4, -0.2) is 34.0 Å². The molecule has 110 valence electrons. The number of hydrogen-bond acceptors (Lipinski definition) is 4. The SMILES string of the molecule is CN(Cc1cscn1)C(=O)Nc1cc(C(=O)O)ccc1F. The number of aromatic carboxylic acids is 1. The number of carbonyl (C=O) groups excluding carboxylic acids is 1. The summed E-state index contributed by atoms with van der Waals surface area (Å²) in [5.41, 5.74) is 2.09. The molecule has 21 heavy (non-hydrogen) atoms. The van der Waals surface area contributed by atoms with Crippen LogP contribution in [0, 0.1) is 5.82 Å². The van der Waals surface area contributed by atoms with E-state index in [0.29, 0.717) is 0 Å². The van der Waals surface area contributed by atoms with Crippen molar-refractivity contribution >= 4 is 29.0 Å². The lowest BCUT2D eigenvalue weighted by atomic mass is 10.2. The summed E-state index contributed by atoms with van der Waals surface area (Å²) in [6.07, 6.45) is 0. The molecule has 0 saturated carbocycles. The van der Waals surface area contributed by atoms with Gasteiger partial charge in [0.05, 0.1) is 29.0 Å². The van der Waals surface area contributed by atoms with Crippen LogP contribution in [0.15, 0.2) is 29.1 Å². The Hall–Kier alpha value is -2.48. The van der Waals surface area contributed by atoms with E-state index in [1.807, 2.05) is 0 Å². The van der Waals surface area contributed by atoms with Gasteiger partial charge in [-0.15, -0.1) is 11.3 Å². The molecule has 0 spiro atoms. The monoisotopic (exact) mass is 309 g/mol. The molecule has 8 heteroatoms. The Morgan fingerprint density at radius 1 is 1.48 bits per heavy atom. The van der Waals surface area contributed by atoms with Crippen LogP contribution in [0.3, 0.4) is 0 Å². The normalized spacial score (nSPS) is 10.2. The topological polar surface area (TPSA) is 82.5 Å². The Bertz CT molecular complexity index is 661. The van der Waals surface area contributed by atoms with E-state index >= 15 is 0 Å². The summed E-state index contributed by atoms with van der Waals surface area (Å²) in [7, 11) is 1.54. The maximum absolute atomic E-state index is 13.6. The summed E-state index contributed by atoms with van der Waals surface area (Å²) in [4.78, 5) is 28.2. The Kier molecular flexibility index (Phi) is 4.49. The first-order valence-corrected chi connectivity index (χ1v) is 6.83. The standard InChI is InChI=1S/C13H12FN3O3S/c1-17(5-9-6-21-7-15-9)13(20)16-11-4-8(12(18)19)2-3-10(11)14/h2-4,6-7H,5H2,1H3,(H,16,20)(H,18,19).